The normalized spacial score (nSPS) is 46.7. The number of Topliss-reactive ketones (excluding diaryl/α,β-unsaturated/α-hetero) is 1. The number of rotatable bonds is 3. The van der Waals surface area contributed by atoms with E-state index in [1.807, 2.05) is 0 Å². The molecule has 2 heterocycles. The van der Waals surface area contributed by atoms with Gasteiger partial charge in [0.1, 0.15) is 12.1 Å². The SMILES string of the molecule is CC(=O)O[C@H]1C[C@@H]2CCC3C4C[C@H]([N+]5(C)CCCCC5)C(=O)[C@@]4(C)CCC3[C@@]2(C)C[C@@H]1N1CCCCC1.[Br-]. The van der Waals surface area contributed by atoms with Gasteiger partial charge in [0.2, 0.25) is 0 Å². The molecule has 0 spiro atoms. The van der Waals surface area contributed by atoms with Crippen molar-refractivity contribution in [3.8, 4) is 0 Å². The van der Waals surface area contributed by atoms with Crippen molar-refractivity contribution < 1.29 is 35.8 Å². The molecule has 0 aromatic rings. The van der Waals surface area contributed by atoms with Crippen LogP contribution in [0.2, 0.25) is 0 Å². The first-order valence-corrected chi connectivity index (χ1v) is 16.0. The highest BCUT2D eigenvalue weighted by atomic mass is 79.9. The number of hydrogen-bond donors (Lipinski definition) is 0. The van der Waals surface area contributed by atoms with E-state index in [-0.39, 0.29) is 40.5 Å². The average molecular weight is 594 g/mol. The number of halogens is 1. The summed E-state index contributed by atoms with van der Waals surface area (Å²) in [5.74, 6) is 3.13. The molecule has 0 bridgehead atoms. The summed E-state index contributed by atoms with van der Waals surface area (Å²) in [5, 5.41) is 0. The third-order valence-corrected chi connectivity index (χ3v) is 13.2. The Morgan fingerprint density at radius 3 is 2.32 bits per heavy atom. The fourth-order valence-electron chi connectivity index (χ4n) is 11.1. The Hall–Kier alpha value is -0.460. The number of carbonyl (C=O) groups excluding carboxylic acids is 2. The van der Waals surface area contributed by atoms with Gasteiger partial charge >= 0.3 is 5.97 Å². The highest BCUT2D eigenvalue weighted by Gasteiger charge is 2.66. The van der Waals surface area contributed by atoms with E-state index in [9.17, 15) is 9.59 Å². The molecule has 5 nitrogen and oxygen atoms in total. The quantitative estimate of drug-likeness (QED) is 0.373. The molecule has 6 aliphatic rings. The van der Waals surface area contributed by atoms with Crippen molar-refractivity contribution in [2.45, 2.75) is 122 Å². The molecule has 2 aliphatic heterocycles. The van der Waals surface area contributed by atoms with Gasteiger partial charge in [-0.2, -0.15) is 0 Å². The second-order valence-electron chi connectivity index (χ2n) is 15.0. The molecule has 0 aromatic heterocycles. The van der Waals surface area contributed by atoms with E-state index >= 15 is 0 Å². The third-order valence-electron chi connectivity index (χ3n) is 13.2. The fourth-order valence-corrected chi connectivity index (χ4v) is 11.1. The minimum absolute atomic E-state index is 0. The maximum atomic E-state index is 14.1. The van der Waals surface area contributed by atoms with Gasteiger partial charge in [-0.1, -0.05) is 20.3 Å². The van der Waals surface area contributed by atoms with Crippen LogP contribution in [0.3, 0.4) is 0 Å². The second-order valence-corrected chi connectivity index (χ2v) is 15.0. The van der Waals surface area contributed by atoms with Crippen molar-refractivity contribution in [3.05, 3.63) is 0 Å². The van der Waals surface area contributed by atoms with Gasteiger partial charge in [-0.25, -0.2) is 0 Å². The first kappa shape index (κ1) is 29.0. The summed E-state index contributed by atoms with van der Waals surface area (Å²) in [6.45, 7) is 11.3. The Morgan fingerprint density at radius 1 is 0.947 bits per heavy atom. The summed E-state index contributed by atoms with van der Waals surface area (Å²) in [6.07, 6.45) is 16.0. The lowest BCUT2D eigenvalue weighted by Crippen LogP contribution is -3.00. The number of hydrogen-bond acceptors (Lipinski definition) is 4. The number of ketones is 1. The van der Waals surface area contributed by atoms with Crippen LogP contribution in [-0.2, 0) is 14.3 Å². The number of nitrogens with zero attached hydrogens (tertiary/aromatic N) is 2. The molecule has 9 atom stereocenters. The van der Waals surface area contributed by atoms with Gasteiger partial charge in [0.05, 0.1) is 20.1 Å². The highest BCUT2D eigenvalue weighted by Crippen LogP contribution is 2.66. The molecule has 0 N–H and O–H groups in total. The lowest BCUT2D eigenvalue weighted by molar-refractivity contribution is -0.928. The number of ether oxygens (including phenoxy) is 1. The first-order valence-electron chi connectivity index (χ1n) is 16.0. The summed E-state index contributed by atoms with van der Waals surface area (Å²) < 4.78 is 7.07. The van der Waals surface area contributed by atoms with Crippen LogP contribution in [0.15, 0.2) is 0 Å². The molecular weight excluding hydrogens is 540 g/mol. The predicted molar refractivity (Wildman–Crippen MR) is 146 cm³/mol. The third kappa shape index (κ3) is 4.65. The summed E-state index contributed by atoms with van der Waals surface area (Å²) in [6, 6.07) is 0.605. The molecule has 6 rings (SSSR count). The Balaban J connectivity index is 0.00000294. The van der Waals surface area contributed by atoms with Crippen molar-refractivity contribution in [1.29, 1.82) is 0 Å². The second kappa shape index (κ2) is 10.7. The van der Waals surface area contributed by atoms with Crippen LogP contribution < -0.4 is 17.0 Å². The first-order chi connectivity index (χ1) is 17.7. The lowest BCUT2D eigenvalue weighted by atomic mass is 9.44. The van der Waals surface area contributed by atoms with Gasteiger partial charge in [-0.05, 0) is 113 Å². The smallest absolute Gasteiger partial charge is 0.302 e. The minimum atomic E-state index is -0.109. The van der Waals surface area contributed by atoms with Crippen molar-refractivity contribution in [1.82, 2.24) is 4.90 Å². The van der Waals surface area contributed by atoms with E-state index in [1.165, 1.54) is 77.3 Å². The molecule has 4 aliphatic carbocycles. The maximum absolute atomic E-state index is 14.1. The molecular formula is C32H53BrN2O3. The summed E-state index contributed by atoms with van der Waals surface area (Å²) >= 11 is 0. The van der Waals surface area contributed by atoms with Crippen molar-refractivity contribution in [3.63, 3.8) is 0 Å². The highest BCUT2D eigenvalue weighted by molar-refractivity contribution is 5.91. The van der Waals surface area contributed by atoms with E-state index < -0.39 is 0 Å². The molecule has 0 aromatic carbocycles. The minimum Gasteiger partial charge on any atom is -1.00 e. The van der Waals surface area contributed by atoms with Gasteiger partial charge in [0, 0.05) is 24.8 Å². The molecule has 0 radical (unpaired) electrons. The zero-order chi connectivity index (χ0) is 26.0. The van der Waals surface area contributed by atoms with Crippen molar-refractivity contribution in [2.24, 2.45) is 34.5 Å². The number of likely N-dealkylation sites (tertiary alicyclic amines) is 2. The molecule has 4 saturated carbocycles. The van der Waals surface area contributed by atoms with Gasteiger partial charge in [0.15, 0.2) is 5.78 Å². The van der Waals surface area contributed by atoms with Gasteiger partial charge in [0.25, 0.3) is 0 Å². The molecule has 6 heteroatoms. The monoisotopic (exact) mass is 592 g/mol. The van der Waals surface area contributed by atoms with E-state index in [4.69, 9.17) is 4.74 Å². The Kier molecular flexibility index (Phi) is 8.21. The average Bonchev–Trinajstić information content (AvgIpc) is 3.16. The number of esters is 1. The van der Waals surface area contributed by atoms with Gasteiger partial charge < -0.3 is 26.2 Å². The molecule has 38 heavy (non-hydrogen) atoms. The Bertz CT molecular complexity index is 899. The number of piperidine rings is 2. The summed E-state index contributed by atoms with van der Waals surface area (Å²) in [5.41, 5.74) is 0.197. The standard InChI is InChI=1S/C32H53N2O3.BrH/c1-22(35)37-29-19-23-11-12-24-25(32(23,3)21-27(29)33-15-7-5-8-16-33)13-14-31(2)26(24)20-28(30(31)36)34(4)17-9-6-10-18-34;/h23-29H,5-21H2,1-4H3;1H/q+1;/p-1/t23-,24?,25?,26?,27-,28-,29-,31-,32-;/m0./s1. The van der Waals surface area contributed by atoms with Crippen LogP contribution in [0.25, 0.3) is 0 Å². The van der Waals surface area contributed by atoms with Crippen LogP contribution >= 0.6 is 0 Å². The van der Waals surface area contributed by atoms with Crippen LogP contribution in [0.5, 0.6) is 0 Å². The molecule has 3 unspecified atom stereocenters. The lowest BCUT2D eigenvalue weighted by Gasteiger charge is -2.62. The van der Waals surface area contributed by atoms with E-state index in [1.54, 1.807) is 6.92 Å². The zero-order valence-electron chi connectivity index (χ0n) is 24.6. The number of quaternary nitrogens is 1. The molecule has 6 fully saturated rings. The predicted octanol–water partition coefficient (Wildman–Crippen LogP) is 2.61. The maximum Gasteiger partial charge on any atom is 0.302 e. The number of likely N-dealkylation sites (N-methyl/N-ethyl adjacent to an activating group) is 1. The van der Waals surface area contributed by atoms with Crippen molar-refractivity contribution in [2.75, 3.05) is 33.2 Å². The molecule has 0 amide bonds. The number of fused-ring (bicyclic) bond motifs is 5. The summed E-state index contributed by atoms with van der Waals surface area (Å²) in [7, 11) is 2.40. The van der Waals surface area contributed by atoms with E-state index in [0.717, 1.165) is 36.8 Å². The Morgan fingerprint density at radius 2 is 1.63 bits per heavy atom. The summed E-state index contributed by atoms with van der Waals surface area (Å²) in [4.78, 5) is 28.9. The fraction of sp³-hybridized carbons (Fsp3) is 0.938. The topological polar surface area (TPSA) is 46.6 Å². The van der Waals surface area contributed by atoms with Crippen LogP contribution in [0.4, 0.5) is 0 Å². The van der Waals surface area contributed by atoms with Gasteiger partial charge in [-0.3, -0.25) is 14.5 Å². The van der Waals surface area contributed by atoms with E-state index in [2.05, 4.69) is 25.8 Å². The zero-order valence-corrected chi connectivity index (χ0v) is 26.1. The van der Waals surface area contributed by atoms with Crippen molar-refractivity contribution >= 4 is 11.8 Å². The largest absolute Gasteiger partial charge is 1.00 e. The van der Waals surface area contributed by atoms with Gasteiger partial charge in [-0.15, -0.1) is 0 Å². The van der Waals surface area contributed by atoms with Crippen LogP contribution in [0.1, 0.15) is 104 Å². The molecule has 2 saturated heterocycles. The molecule has 216 valence electrons. The van der Waals surface area contributed by atoms with Crippen LogP contribution in [-0.4, -0.2) is 72.5 Å². The number of carbonyl (C=O) groups is 2. The Labute approximate surface area is 242 Å². The van der Waals surface area contributed by atoms with Crippen LogP contribution in [0, 0.1) is 34.5 Å². The van der Waals surface area contributed by atoms with E-state index in [0.29, 0.717) is 40.9 Å².